The number of nitrogens with zero attached hydrogens (tertiary/aromatic N) is 5. The van der Waals surface area contributed by atoms with Crippen LogP contribution in [-0.4, -0.2) is 78.1 Å². The molecule has 198 valence electrons. The van der Waals surface area contributed by atoms with Gasteiger partial charge in [0.25, 0.3) is 0 Å². The molecule has 0 unspecified atom stereocenters. The van der Waals surface area contributed by atoms with E-state index in [1.54, 1.807) is 12.1 Å². The molecule has 0 spiro atoms. The van der Waals surface area contributed by atoms with Gasteiger partial charge in [0.15, 0.2) is 17.5 Å². The minimum atomic E-state index is -1.37. The van der Waals surface area contributed by atoms with E-state index in [1.165, 1.54) is 12.8 Å². The predicted molar refractivity (Wildman–Crippen MR) is 145 cm³/mol. The number of hydrogen-bond donors (Lipinski definition) is 3. The van der Waals surface area contributed by atoms with Crippen LogP contribution in [0.2, 0.25) is 5.02 Å². The van der Waals surface area contributed by atoms with Crippen LogP contribution in [-0.2, 0) is 4.74 Å². The Balaban J connectivity index is 1.81. The predicted octanol–water partition coefficient (Wildman–Crippen LogP) is 4.64. The summed E-state index contributed by atoms with van der Waals surface area (Å²) in [6.07, 6.45) is 3.34. The molecular formula is C26H34ClN7O3. The lowest BCUT2D eigenvalue weighted by molar-refractivity contribution is 0.0374. The van der Waals surface area contributed by atoms with Gasteiger partial charge in [-0.15, -0.1) is 0 Å². The van der Waals surface area contributed by atoms with Crippen LogP contribution < -0.4 is 10.2 Å². The quantitative estimate of drug-likeness (QED) is 0.337. The lowest BCUT2D eigenvalue weighted by Crippen LogP contribution is -2.46. The fourth-order valence-corrected chi connectivity index (χ4v) is 5.17. The summed E-state index contributed by atoms with van der Waals surface area (Å²) in [6, 6.07) is 7.30. The zero-order valence-corrected chi connectivity index (χ0v) is 21.9. The minimum absolute atomic E-state index is 0.0821. The third kappa shape index (κ3) is 7.03. The summed E-state index contributed by atoms with van der Waals surface area (Å²) >= 11 is 6.35. The molecule has 1 amide bonds. The molecule has 11 heteroatoms. The molecule has 1 aromatic carbocycles. The molecule has 1 aliphatic heterocycles. The molecule has 1 saturated heterocycles. The smallest absolute Gasteiger partial charge is 0.410 e. The number of morpholine rings is 1. The van der Waals surface area contributed by atoms with E-state index >= 15 is 0 Å². The lowest BCUT2D eigenvalue weighted by atomic mass is 9.83. The number of ether oxygens (including phenoxy) is 1. The van der Waals surface area contributed by atoms with Gasteiger partial charge in [0.2, 0.25) is 0 Å². The van der Waals surface area contributed by atoms with Gasteiger partial charge in [0.05, 0.1) is 19.9 Å². The van der Waals surface area contributed by atoms with Gasteiger partial charge in [-0.05, 0) is 43.5 Å². The highest BCUT2D eigenvalue weighted by Gasteiger charge is 2.28. The number of halogens is 1. The zero-order valence-electron chi connectivity index (χ0n) is 21.1. The Labute approximate surface area is 222 Å². The van der Waals surface area contributed by atoms with Crippen LogP contribution in [0.4, 0.5) is 16.3 Å². The maximum Gasteiger partial charge on any atom is 0.410 e. The Morgan fingerprint density at radius 3 is 2.68 bits per heavy atom. The molecule has 1 saturated carbocycles. The molecule has 0 radical (unpaired) electrons. The molecule has 37 heavy (non-hydrogen) atoms. The number of nitrogens with one attached hydrogen (secondary N) is 2. The van der Waals surface area contributed by atoms with Crippen LogP contribution in [0.3, 0.4) is 0 Å². The second kappa shape index (κ2) is 12.4. The maximum absolute atomic E-state index is 11.2. The summed E-state index contributed by atoms with van der Waals surface area (Å²) in [7, 11) is 0. The highest BCUT2D eigenvalue weighted by molar-refractivity contribution is 6.30. The Bertz CT molecular complexity index is 1130. The second-order valence-corrected chi connectivity index (χ2v) is 10.2. The van der Waals surface area contributed by atoms with Crippen molar-refractivity contribution in [1.29, 1.82) is 5.41 Å². The fourth-order valence-electron chi connectivity index (χ4n) is 4.98. The van der Waals surface area contributed by atoms with Gasteiger partial charge in [0.1, 0.15) is 11.4 Å². The van der Waals surface area contributed by atoms with Gasteiger partial charge >= 0.3 is 6.09 Å². The van der Waals surface area contributed by atoms with Gasteiger partial charge in [-0.3, -0.25) is 15.6 Å². The Morgan fingerprint density at radius 2 is 2.03 bits per heavy atom. The van der Waals surface area contributed by atoms with Crippen molar-refractivity contribution in [1.82, 2.24) is 20.2 Å². The number of rotatable bonds is 8. The highest BCUT2D eigenvalue weighted by Crippen LogP contribution is 2.39. The first-order chi connectivity index (χ1) is 17.8. The number of carboxylic acid groups (broad SMARTS) is 1. The van der Waals surface area contributed by atoms with Crippen LogP contribution in [0.15, 0.2) is 29.3 Å². The monoisotopic (exact) mass is 527 g/mol. The summed E-state index contributed by atoms with van der Waals surface area (Å²) in [6.45, 7) is 10.5. The number of carbonyl (C=O) groups is 1. The van der Waals surface area contributed by atoms with Crippen molar-refractivity contribution in [3.8, 4) is 11.3 Å². The number of benzene rings is 1. The summed E-state index contributed by atoms with van der Waals surface area (Å²) in [4.78, 5) is 29.2. The van der Waals surface area contributed by atoms with Gasteiger partial charge < -0.3 is 14.7 Å². The molecule has 1 aromatic heterocycles. The van der Waals surface area contributed by atoms with Gasteiger partial charge in [-0.1, -0.05) is 43.5 Å². The highest BCUT2D eigenvalue weighted by atomic mass is 35.5. The molecule has 4 rings (SSSR count). The van der Waals surface area contributed by atoms with Crippen molar-refractivity contribution in [3.05, 3.63) is 35.1 Å². The van der Waals surface area contributed by atoms with Gasteiger partial charge in [0, 0.05) is 30.2 Å². The van der Waals surface area contributed by atoms with Crippen LogP contribution >= 0.6 is 11.6 Å². The summed E-state index contributed by atoms with van der Waals surface area (Å²) in [5.41, 5.74) is 1.96. The molecule has 3 N–H and O–H groups in total. The van der Waals surface area contributed by atoms with E-state index in [4.69, 9.17) is 26.9 Å². The van der Waals surface area contributed by atoms with Gasteiger partial charge in [-0.25, -0.2) is 19.8 Å². The summed E-state index contributed by atoms with van der Waals surface area (Å²) < 4.78 is 5.57. The first-order valence-electron chi connectivity index (χ1n) is 12.6. The molecule has 1 aliphatic carbocycles. The standard InChI is InChI=1S/C26H34ClN7O3/c1-17-6-8-18(9-7-17)15-34(16-33-10-12-37-13-11-33)22-21(19-4-3-5-20(27)14-19)30-25(32-24(22)29-2)23(28)31-26(35)36/h3-5,14,17-18H,2,6-13,15-16H2,1H3,(H2,28,31)(H,35,36). The number of aliphatic imine (C=N–C) groups is 1. The van der Waals surface area contributed by atoms with Crippen LogP contribution in [0, 0.1) is 17.2 Å². The largest absolute Gasteiger partial charge is 0.465 e. The zero-order chi connectivity index (χ0) is 26.4. The Hall–Kier alpha value is -3.08. The molecular weight excluding hydrogens is 494 g/mol. The van der Waals surface area contributed by atoms with E-state index in [0.717, 1.165) is 44.0 Å². The number of amides is 1. The van der Waals surface area contributed by atoms with Crippen molar-refractivity contribution in [2.45, 2.75) is 32.6 Å². The van der Waals surface area contributed by atoms with E-state index in [0.29, 0.717) is 48.0 Å². The van der Waals surface area contributed by atoms with E-state index < -0.39 is 11.9 Å². The summed E-state index contributed by atoms with van der Waals surface area (Å²) in [5, 5.41) is 19.9. The number of aromatic nitrogens is 2. The number of hydrogen-bond acceptors (Lipinski definition) is 8. The van der Waals surface area contributed by atoms with Crippen molar-refractivity contribution in [2.75, 3.05) is 44.4 Å². The molecule has 2 aromatic rings. The average Bonchev–Trinajstić information content (AvgIpc) is 2.89. The topological polar surface area (TPSA) is 127 Å². The van der Waals surface area contributed by atoms with E-state index in [2.05, 4.69) is 38.4 Å². The van der Waals surface area contributed by atoms with Crippen molar-refractivity contribution >= 4 is 41.8 Å². The number of anilines is 1. The van der Waals surface area contributed by atoms with Crippen molar-refractivity contribution < 1.29 is 14.6 Å². The molecule has 2 heterocycles. The normalized spacial score (nSPS) is 20.3. The molecule has 2 fully saturated rings. The second-order valence-electron chi connectivity index (χ2n) is 9.76. The van der Waals surface area contributed by atoms with Crippen molar-refractivity contribution in [3.63, 3.8) is 0 Å². The third-order valence-electron chi connectivity index (χ3n) is 6.97. The first-order valence-corrected chi connectivity index (χ1v) is 13.0. The lowest BCUT2D eigenvalue weighted by Gasteiger charge is -2.38. The first kappa shape index (κ1) is 27.0. The average molecular weight is 528 g/mol. The van der Waals surface area contributed by atoms with Gasteiger partial charge in [-0.2, -0.15) is 0 Å². The molecule has 0 atom stereocenters. The molecule has 0 bridgehead atoms. The third-order valence-corrected chi connectivity index (χ3v) is 7.21. The summed E-state index contributed by atoms with van der Waals surface area (Å²) in [5.74, 6) is 1.03. The van der Waals surface area contributed by atoms with Crippen LogP contribution in [0.5, 0.6) is 0 Å². The Morgan fingerprint density at radius 1 is 1.30 bits per heavy atom. The number of amidine groups is 1. The molecule has 2 aliphatic rings. The molecule has 10 nitrogen and oxygen atoms in total. The van der Waals surface area contributed by atoms with Crippen LogP contribution in [0.25, 0.3) is 11.3 Å². The Kier molecular flexibility index (Phi) is 9.07. The van der Waals surface area contributed by atoms with E-state index in [9.17, 15) is 4.79 Å². The minimum Gasteiger partial charge on any atom is -0.465 e. The van der Waals surface area contributed by atoms with Crippen molar-refractivity contribution in [2.24, 2.45) is 16.8 Å². The van der Waals surface area contributed by atoms with E-state index in [1.807, 2.05) is 17.4 Å². The van der Waals surface area contributed by atoms with Crippen LogP contribution in [0.1, 0.15) is 38.4 Å². The maximum atomic E-state index is 11.2. The van der Waals surface area contributed by atoms with E-state index in [-0.39, 0.29) is 5.82 Å². The SMILES string of the molecule is C=Nc1nc(C(=N)NC(=O)O)nc(-c2cccc(Cl)c2)c1N(CC1CCC(C)CC1)CN1CCOCC1. The fraction of sp³-hybridized carbons (Fsp3) is 0.500.